The summed E-state index contributed by atoms with van der Waals surface area (Å²) in [6, 6.07) is 2.26. The summed E-state index contributed by atoms with van der Waals surface area (Å²) >= 11 is 0. The van der Waals surface area contributed by atoms with E-state index in [2.05, 4.69) is 15.0 Å². The molecule has 1 aliphatic rings. The van der Waals surface area contributed by atoms with Gasteiger partial charge in [-0.3, -0.25) is 4.57 Å². The molecule has 0 bridgehead atoms. The number of nitrogens with one attached hydrogen (secondary N) is 1. The minimum atomic E-state index is -4.03. The van der Waals surface area contributed by atoms with Gasteiger partial charge in [0.2, 0.25) is 0 Å². The largest absolute Gasteiger partial charge is 0.355 e. The summed E-state index contributed by atoms with van der Waals surface area (Å²) in [4.78, 5) is 32.7. The third-order valence-electron chi connectivity index (χ3n) is 5.24. The molecule has 150 valence electrons. The molecule has 3 N–H and O–H groups in total. The Balaban J connectivity index is 1.74. The molecule has 0 spiro atoms. The lowest BCUT2D eigenvalue weighted by molar-refractivity contribution is 0.346. The van der Waals surface area contributed by atoms with E-state index in [4.69, 9.17) is 0 Å². The number of fused-ring (bicyclic) bond motifs is 3. The van der Waals surface area contributed by atoms with Crippen molar-refractivity contribution in [2.24, 2.45) is 5.92 Å². The highest BCUT2D eigenvalue weighted by Gasteiger charge is 2.28. The van der Waals surface area contributed by atoms with Crippen LogP contribution in [-0.2, 0) is 11.0 Å². The van der Waals surface area contributed by atoms with Crippen LogP contribution in [0.1, 0.15) is 25.6 Å². The molecular weight excluding hydrogens is 389 g/mol. The van der Waals surface area contributed by atoms with Crippen molar-refractivity contribution in [3.8, 4) is 0 Å². The fourth-order valence-corrected chi connectivity index (χ4v) is 4.87. The molecule has 10 heteroatoms. The zero-order chi connectivity index (χ0) is 20.1. The summed E-state index contributed by atoms with van der Waals surface area (Å²) in [6.07, 6.45) is 1.77. The number of anilines is 1. The lowest BCUT2D eigenvalue weighted by Crippen LogP contribution is -2.35. The monoisotopic (exact) mass is 410 g/mol. The Labute approximate surface area is 159 Å². The van der Waals surface area contributed by atoms with E-state index in [-0.39, 0.29) is 12.1 Å². The molecule has 0 saturated carbocycles. The SMILES string of the molecule is CCc1nc(N2CCC(CP(=O)(O)O)CC2)c2[nH]c3cc(F)c(F)cc3c2n1. The molecule has 3 heterocycles. The van der Waals surface area contributed by atoms with E-state index in [0.717, 1.165) is 12.1 Å². The molecule has 2 aromatic heterocycles. The van der Waals surface area contributed by atoms with E-state index in [9.17, 15) is 23.1 Å². The van der Waals surface area contributed by atoms with Gasteiger partial charge in [0.15, 0.2) is 17.5 Å². The number of hydrogen-bond acceptors (Lipinski definition) is 4. The number of nitrogens with zero attached hydrogens (tertiary/aromatic N) is 3. The summed E-state index contributed by atoms with van der Waals surface area (Å²) in [5.74, 6) is -0.627. The molecule has 28 heavy (non-hydrogen) atoms. The predicted molar refractivity (Wildman–Crippen MR) is 103 cm³/mol. The summed E-state index contributed by atoms with van der Waals surface area (Å²) in [6.45, 7) is 3.11. The predicted octanol–water partition coefficient (Wildman–Crippen LogP) is 3.35. The van der Waals surface area contributed by atoms with Crippen molar-refractivity contribution >= 4 is 35.3 Å². The van der Waals surface area contributed by atoms with Gasteiger partial charge in [-0.2, -0.15) is 0 Å². The Bertz CT molecular complexity index is 1090. The average molecular weight is 410 g/mol. The van der Waals surface area contributed by atoms with Crippen LogP contribution < -0.4 is 4.90 Å². The molecule has 4 rings (SSSR count). The Morgan fingerprint density at radius 3 is 2.54 bits per heavy atom. The maximum absolute atomic E-state index is 13.8. The standard InChI is InChI=1S/C18H21F2N4O3P/c1-2-15-22-16-11-7-12(19)13(20)8-14(11)21-17(16)18(23-15)24-5-3-10(4-6-24)9-28(25,26)27/h7-8,10,21H,2-6,9H2,1H3,(H2,25,26,27). The van der Waals surface area contributed by atoms with Gasteiger partial charge >= 0.3 is 7.60 Å². The summed E-state index contributed by atoms with van der Waals surface area (Å²) in [5.41, 5.74) is 1.62. The van der Waals surface area contributed by atoms with Crippen LogP contribution >= 0.6 is 7.60 Å². The van der Waals surface area contributed by atoms with E-state index < -0.39 is 19.2 Å². The van der Waals surface area contributed by atoms with Gasteiger partial charge in [0.25, 0.3) is 0 Å². The minimum Gasteiger partial charge on any atom is -0.355 e. The first kappa shape index (κ1) is 19.2. The fraction of sp³-hybridized carbons (Fsp3) is 0.444. The molecule has 7 nitrogen and oxygen atoms in total. The van der Waals surface area contributed by atoms with Crippen molar-refractivity contribution in [2.45, 2.75) is 26.2 Å². The van der Waals surface area contributed by atoms with Gasteiger partial charge in [-0.05, 0) is 24.8 Å². The van der Waals surface area contributed by atoms with Gasteiger partial charge < -0.3 is 19.7 Å². The van der Waals surface area contributed by atoms with Crippen molar-refractivity contribution in [1.29, 1.82) is 0 Å². The van der Waals surface area contributed by atoms with Gasteiger partial charge in [0, 0.05) is 31.0 Å². The zero-order valence-electron chi connectivity index (χ0n) is 15.3. The number of benzene rings is 1. The second-order valence-corrected chi connectivity index (χ2v) is 8.95. The Morgan fingerprint density at radius 1 is 1.21 bits per heavy atom. The van der Waals surface area contributed by atoms with E-state index in [1.165, 1.54) is 0 Å². The molecule has 0 radical (unpaired) electrons. The summed E-state index contributed by atoms with van der Waals surface area (Å²) < 4.78 is 38.7. The molecule has 0 aliphatic carbocycles. The highest BCUT2D eigenvalue weighted by molar-refractivity contribution is 7.51. The number of H-pyrrole nitrogens is 1. The number of aryl methyl sites for hydroxylation is 1. The molecule has 0 amide bonds. The third-order valence-corrected chi connectivity index (χ3v) is 6.23. The van der Waals surface area contributed by atoms with Crippen LogP contribution in [-0.4, -0.2) is 44.0 Å². The van der Waals surface area contributed by atoms with Crippen LogP contribution in [0.3, 0.4) is 0 Å². The Kier molecular flexibility index (Phi) is 4.85. The molecule has 1 fully saturated rings. The number of piperidine rings is 1. The lowest BCUT2D eigenvalue weighted by atomic mass is 9.99. The second-order valence-electron chi connectivity index (χ2n) is 7.26. The van der Waals surface area contributed by atoms with Crippen LogP contribution in [0.25, 0.3) is 21.9 Å². The highest BCUT2D eigenvalue weighted by Crippen LogP contribution is 2.40. The first-order valence-electron chi connectivity index (χ1n) is 9.22. The average Bonchev–Trinajstić information content (AvgIpc) is 2.98. The Hall–Kier alpha value is -2.09. The maximum atomic E-state index is 13.8. The van der Waals surface area contributed by atoms with Gasteiger partial charge in [-0.15, -0.1) is 0 Å². The first-order chi connectivity index (χ1) is 13.2. The quantitative estimate of drug-likeness (QED) is 0.570. The number of rotatable bonds is 4. The molecular formula is C18H21F2N4O3P. The van der Waals surface area contributed by atoms with Gasteiger partial charge in [0.05, 0.1) is 11.7 Å². The molecule has 0 atom stereocenters. The number of aromatic nitrogens is 3. The number of aromatic amines is 1. The summed E-state index contributed by atoms with van der Waals surface area (Å²) in [7, 11) is -4.03. The van der Waals surface area contributed by atoms with Crippen LogP contribution in [0.4, 0.5) is 14.6 Å². The van der Waals surface area contributed by atoms with Gasteiger partial charge in [-0.25, -0.2) is 18.7 Å². The summed E-state index contributed by atoms with van der Waals surface area (Å²) in [5, 5.41) is 0.503. The lowest BCUT2D eigenvalue weighted by Gasteiger charge is -2.33. The molecule has 3 aromatic rings. The smallest absolute Gasteiger partial charge is 0.325 e. The van der Waals surface area contributed by atoms with Gasteiger partial charge in [-0.1, -0.05) is 6.92 Å². The van der Waals surface area contributed by atoms with E-state index in [1.807, 2.05) is 11.8 Å². The van der Waals surface area contributed by atoms with Crippen molar-refractivity contribution in [1.82, 2.24) is 15.0 Å². The van der Waals surface area contributed by atoms with Crippen molar-refractivity contribution in [3.63, 3.8) is 0 Å². The van der Waals surface area contributed by atoms with Crippen LogP contribution in [0.5, 0.6) is 0 Å². The highest BCUT2D eigenvalue weighted by atomic mass is 31.2. The number of hydrogen-bond donors (Lipinski definition) is 3. The van der Waals surface area contributed by atoms with E-state index in [0.29, 0.717) is 65.9 Å². The van der Waals surface area contributed by atoms with Crippen LogP contribution in [0, 0.1) is 17.6 Å². The third kappa shape index (κ3) is 3.62. The first-order valence-corrected chi connectivity index (χ1v) is 11.0. The maximum Gasteiger partial charge on any atom is 0.325 e. The van der Waals surface area contributed by atoms with Crippen LogP contribution in [0.2, 0.25) is 0 Å². The van der Waals surface area contributed by atoms with Crippen molar-refractivity contribution in [3.05, 3.63) is 29.6 Å². The van der Waals surface area contributed by atoms with Crippen LogP contribution in [0.15, 0.2) is 12.1 Å². The molecule has 0 unspecified atom stereocenters. The normalized spacial score (nSPS) is 16.4. The number of halogens is 2. The molecule has 1 aromatic carbocycles. The van der Waals surface area contributed by atoms with E-state index >= 15 is 0 Å². The van der Waals surface area contributed by atoms with Crippen molar-refractivity contribution in [2.75, 3.05) is 24.2 Å². The minimum absolute atomic E-state index is 0.0361. The zero-order valence-corrected chi connectivity index (χ0v) is 16.2. The second kappa shape index (κ2) is 7.06. The van der Waals surface area contributed by atoms with E-state index in [1.54, 1.807) is 0 Å². The molecule has 1 saturated heterocycles. The molecule has 1 aliphatic heterocycles. The fourth-order valence-electron chi connectivity index (χ4n) is 3.84. The Morgan fingerprint density at radius 2 is 1.89 bits per heavy atom. The van der Waals surface area contributed by atoms with Crippen molar-refractivity contribution < 1.29 is 23.1 Å². The topological polar surface area (TPSA) is 102 Å². The van der Waals surface area contributed by atoms with Gasteiger partial charge in [0.1, 0.15) is 16.9 Å².